The quantitative estimate of drug-likeness (QED) is 0.120. The molecule has 10 nitrogen and oxygen atoms in total. The second-order valence-corrected chi connectivity index (χ2v) is 20.7. The van der Waals surface area contributed by atoms with Gasteiger partial charge in [-0.25, -0.2) is 0 Å². The lowest BCUT2D eigenvalue weighted by Gasteiger charge is -2.29. The molecule has 4 aromatic carbocycles. The Morgan fingerprint density at radius 2 is 0.759 bits per heavy atom. The van der Waals surface area contributed by atoms with Crippen LogP contribution in [0.4, 0.5) is 0 Å². The van der Waals surface area contributed by atoms with Crippen LogP contribution in [-0.4, -0.2) is 42.7 Å². The van der Waals surface area contributed by atoms with Crippen LogP contribution in [0.25, 0.3) is 33.1 Å². The molecule has 0 fully saturated rings. The number of hydrogen-bond donors (Lipinski definition) is 0. The van der Waals surface area contributed by atoms with Gasteiger partial charge < -0.3 is 45.4 Å². The lowest BCUT2D eigenvalue weighted by molar-refractivity contribution is 0.275. The predicted octanol–water partition coefficient (Wildman–Crippen LogP) is 13.9. The minimum absolute atomic E-state index is 0.352. The van der Waals surface area contributed by atoms with Crippen molar-refractivity contribution in [3.63, 3.8) is 0 Å². The molecule has 0 aliphatic heterocycles. The highest BCUT2D eigenvalue weighted by Gasteiger charge is 2.33. The highest BCUT2D eigenvalue weighted by atomic mass is 31.2. The molecule has 0 aliphatic carbocycles. The number of rotatable bonds is 11. The Hall–Kier alpha value is -4.07. The Labute approximate surface area is 347 Å². The lowest BCUT2D eigenvalue weighted by atomic mass is 9.81. The van der Waals surface area contributed by atoms with Gasteiger partial charge in [-0.05, 0) is 70.2 Å². The average molecular weight is 837 g/mol. The molecule has 0 N–H and O–H groups in total. The van der Waals surface area contributed by atoms with E-state index in [0.29, 0.717) is 56.8 Å². The first kappa shape index (κ1) is 45.0. The molecule has 1 heterocycles. The van der Waals surface area contributed by atoms with Gasteiger partial charge >= 0.3 is 16.8 Å². The second-order valence-electron chi connectivity index (χ2n) is 18.4. The Morgan fingerprint density at radius 3 is 1.10 bits per heavy atom. The Bertz CT molecular complexity index is 2230. The van der Waals surface area contributed by atoms with E-state index in [1.165, 1.54) is 0 Å². The summed E-state index contributed by atoms with van der Waals surface area (Å²) in [6.45, 7) is 25.7. The molecule has 0 saturated heterocycles. The molecule has 58 heavy (non-hydrogen) atoms. The topological polar surface area (TPSA) is 100 Å². The van der Waals surface area contributed by atoms with Crippen LogP contribution in [-0.2, 0) is 30.7 Å². The molecule has 0 unspecified atom stereocenters. The molecule has 0 spiro atoms. The molecular formula is C46H62O10P2. The fourth-order valence-electron chi connectivity index (χ4n) is 6.81. The van der Waals surface area contributed by atoms with E-state index in [9.17, 15) is 0 Å². The SMILES string of the molecule is COc1cc(-c2cc(OC)cc(C(C)(C)C)c2Op2oc3c(C(C)(C)C)cc(OC)cc3c3cc(OC)cc(C(C)(C)C)c3o2)c(OP(OC)OC)c(C(C)(C)C)c1. The summed E-state index contributed by atoms with van der Waals surface area (Å²) in [4.78, 5) is 0. The summed E-state index contributed by atoms with van der Waals surface area (Å²) in [6.07, 6.45) is 0. The van der Waals surface area contributed by atoms with Gasteiger partial charge in [0.05, 0.1) is 28.4 Å². The normalized spacial score (nSPS) is 12.6. The minimum Gasteiger partial charge on any atom is -0.497 e. The fourth-order valence-corrected chi connectivity index (χ4v) is 8.60. The largest absolute Gasteiger partial charge is 0.497 e. The van der Waals surface area contributed by atoms with Gasteiger partial charge in [0.2, 0.25) is 0 Å². The van der Waals surface area contributed by atoms with Crippen LogP contribution in [0.3, 0.4) is 0 Å². The highest BCUT2D eigenvalue weighted by Crippen LogP contribution is 2.55. The molecule has 0 radical (unpaired) electrons. The van der Waals surface area contributed by atoms with Gasteiger partial charge in [-0.3, -0.25) is 0 Å². The van der Waals surface area contributed by atoms with Crippen LogP contribution < -0.4 is 28.0 Å². The first-order valence-corrected chi connectivity index (χ1v) is 21.5. The molecule has 0 saturated carbocycles. The standard InChI is InChI=1S/C46H62O10P2/c1-43(2,3)35-23-27(47-13)19-31(39(35)53-57(51-17)52-18)32-20-28(48-14)24-36(44(4,5)6)40(32)54-58-55-41-33(21-29(49-15)25-37(41)45(7,8)9)34-22-30(50-16)26-38(42(34)56-58)46(10,11)12/h19-26H,1-18H3. The molecular weight excluding hydrogens is 774 g/mol. The van der Waals surface area contributed by atoms with Crippen molar-refractivity contribution >= 4 is 38.8 Å². The predicted molar refractivity (Wildman–Crippen MR) is 237 cm³/mol. The first-order chi connectivity index (χ1) is 27.0. The third kappa shape index (κ3) is 9.37. The van der Waals surface area contributed by atoms with Gasteiger partial charge in [0.25, 0.3) is 0 Å². The third-order valence-electron chi connectivity index (χ3n) is 9.97. The number of hydrogen-bond acceptors (Lipinski definition) is 10. The minimum atomic E-state index is -2.20. The molecule has 1 aromatic heterocycles. The summed E-state index contributed by atoms with van der Waals surface area (Å²) in [5.41, 5.74) is 4.76. The zero-order valence-electron chi connectivity index (χ0n) is 37.6. The summed E-state index contributed by atoms with van der Waals surface area (Å²) >= 11 is 0. The van der Waals surface area contributed by atoms with Crippen molar-refractivity contribution in [3.05, 3.63) is 70.8 Å². The summed E-state index contributed by atoms with van der Waals surface area (Å²) in [5.74, 6) is 3.78. The van der Waals surface area contributed by atoms with Gasteiger partial charge in [0.15, 0.2) is 0 Å². The number of fused-ring (bicyclic) bond motifs is 3. The van der Waals surface area contributed by atoms with Crippen molar-refractivity contribution in [2.75, 3.05) is 42.7 Å². The Kier molecular flexibility index (Phi) is 13.1. The monoisotopic (exact) mass is 836 g/mol. The number of methoxy groups -OCH3 is 4. The molecule has 5 aromatic rings. The van der Waals surface area contributed by atoms with Crippen LogP contribution in [0.15, 0.2) is 56.9 Å². The van der Waals surface area contributed by atoms with Gasteiger partial charge in [0.1, 0.15) is 45.7 Å². The lowest BCUT2D eigenvalue weighted by Crippen LogP contribution is -2.15. The summed E-state index contributed by atoms with van der Waals surface area (Å²) in [7, 11) is 5.83. The van der Waals surface area contributed by atoms with Gasteiger partial charge in [0, 0.05) is 58.4 Å². The van der Waals surface area contributed by atoms with Crippen LogP contribution in [0.5, 0.6) is 34.5 Å². The number of ether oxygens (including phenoxy) is 4. The number of benzene rings is 4. The molecule has 0 amide bonds. The van der Waals surface area contributed by atoms with Crippen LogP contribution >= 0.6 is 16.8 Å². The van der Waals surface area contributed by atoms with Crippen molar-refractivity contribution in [2.45, 2.75) is 105 Å². The van der Waals surface area contributed by atoms with Crippen molar-refractivity contribution in [2.24, 2.45) is 0 Å². The van der Waals surface area contributed by atoms with Crippen molar-refractivity contribution in [1.29, 1.82) is 0 Å². The zero-order valence-corrected chi connectivity index (χ0v) is 39.4. The first-order valence-electron chi connectivity index (χ1n) is 19.3. The van der Waals surface area contributed by atoms with E-state index in [4.69, 9.17) is 45.4 Å². The van der Waals surface area contributed by atoms with Crippen molar-refractivity contribution in [3.8, 4) is 45.6 Å². The second kappa shape index (κ2) is 16.9. The average Bonchev–Trinajstić information content (AvgIpc) is 3.30. The molecule has 5 rings (SSSR count). The van der Waals surface area contributed by atoms with Gasteiger partial charge in [-0.15, -0.1) is 0 Å². The molecule has 0 aliphatic rings. The van der Waals surface area contributed by atoms with E-state index in [0.717, 1.165) is 33.0 Å². The van der Waals surface area contributed by atoms with E-state index in [1.54, 1.807) is 42.7 Å². The maximum atomic E-state index is 7.30. The van der Waals surface area contributed by atoms with E-state index < -0.39 is 22.3 Å². The molecule has 316 valence electrons. The van der Waals surface area contributed by atoms with E-state index in [-0.39, 0.29) is 16.2 Å². The maximum absolute atomic E-state index is 7.30. The van der Waals surface area contributed by atoms with Crippen LogP contribution in [0.2, 0.25) is 0 Å². The highest BCUT2D eigenvalue weighted by molar-refractivity contribution is 7.42. The summed E-state index contributed by atoms with van der Waals surface area (Å²) in [5, 5.41) is 1.63. The van der Waals surface area contributed by atoms with Crippen LogP contribution in [0.1, 0.15) is 105 Å². The molecule has 0 bridgehead atoms. The van der Waals surface area contributed by atoms with Gasteiger partial charge in [-0.1, -0.05) is 83.1 Å². The zero-order chi connectivity index (χ0) is 43.1. The third-order valence-corrected chi connectivity index (χ3v) is 11.9. The van der Waals surface area contributed by atoms with Gasteiger partial charge in [-0.2, -0.15) is 0 Å². The fraction of sp³-hybridized carbons (Fsp3) is 0.478. The summed E-state index contributed by atoms with van der Waals surface area (Å²) in [6, 6.07) is 15.9. The van der Waals surface area contributed by atoms with E-state index >= 15 is 0 Å². The Balaban J connectivity index is 2.04. The maximum Gasteiger partial charge on any atom is 0.453 e. The van der Waals surface area contributed by atoms with Crippen molar-refractivity contribution in [1.82, 2.24) is 0 Å². The molecule has 0 atom stereocenters. The molecule has 12 heteroatoms. The summed E-state index contributed by atoms with van der Waals surface area (Å²) < 4.78 is 63.2. The smallest absolute Gasteiger partial charge is 0.453 e. The van der Waals surface area contributed by atoms with Crippen molar-refractivity contribution < 1.29 is 45.4 Å². The Morgan fingerprint density at radius 1 is 0.431 bits per heavy atom. The van der Waals surface area contributed by atoms with E-state index in [1.807, 2.05) is 48.5 Å². The van der Waals surface area contributed by atoms with E-state index in [2.05, 4.69) is 83.1 Å². The van der Waals surface area contributed by atoms with Crippen LogP contribution in [0, 0.1) is 0 Å².